The molecule has 0 radical (unpaired) electrons. The maximum Gasteiger partial charge on any atom is 0.130 e. The van der Waals surface area contributed by atoms with E-state index in [4.69, 9.17) is 0 Å². The first-order valence-electron chi connectivity index (χ1n) is 7.08. The van der Waals surface area contributed by atoms with Crippen LogP contribution in [0, 0.1) is 11.6 Å². The number of rotatable bonds is 2. The molecule has 0 unspecified atom stereocenters. The lowest BCUT2D eigenvalue weighted by Gasteiger charge is -2.43. The van der Waals surface area contributed by atoms with Gasteiger partial charge in [0.2, 0.25) is 0 Å². The first-order valence-corrected chi connectivity index (χ1v) is 7.08. The maximum absolute atomic E-state index is 13.7. The minimum absolute atomic E-state index is 0.209. The number of nitrogens with zero attached hydrogens (tertiary/aromatic N) is 2. The van der Waals surface area contributed by atoms with E-state index in [1.165, 1.54) is 37.6 Å². The predicted octanol–water partition coefficient (Wildman–Crippen LogP) is 2.63. The fourth-order valence-electron chi connectivity index (χ4n) is 3.49. The lowest BCUT2D eigenvalue weighted by molar-refractivity contribution is 0.0456. The summed E-state index contributed by atoms with van der Waals surface area (Å²) in [6.07, 6.45) is 2.45. The molecule has 1 aromatic carbocycles. The van der Waals surface area contributed by atoms with Crippen LogP contribution in [-0.2, 0) is 6.54 Å². The lowest BCUT2D eigenvalue weighted by Crippen LogP contribution is -2.55. The summed E-state index contributed by atoms with van der Waals surface area (Å²) in [4.78, 5) is 4.73. The molecule has 0 saturated carbocycles. The van der Waals surface area contributed by atoms with Gasteiger partial charge in [0.25, 0.3) is 0 Å². The molecular weight excluding hydrogens is 246 g/mol. The van der Waals surface area contributed by atoms with Crippen molar-refractivity contribution in [2.45, 2.75) is 38.4 Å². The van der Waals surface area contributed by atoms with Crippen molar-refractivity contribution in [1.29, 1.82) is 0 Å². The van der Waals surface area contributed by atoms with Gasteiger partial charge in [-0.15, -0.1) is 0 Å². The van der Waals surface area contributed by atoms with Crippen LogP contribution in [0.25, 0.3) is 0 Å². The third kappa shape index (κ3) is 2.39. The van der Waals surface area contributed by atoms with E-state index in [9.17, 15) is 8.78 Å². The van der Waals surface area contributed by atoms with Gasteiger partial charge >= 0.3 is 0 Å². The van der Waals surface area contributed by atoms with Crippen LogP contribution in [0.2, 0.25) is 0 Å². The Kier molecular flexibility index (Phi) is 3.54. The van der Waals surface area contributed by atoms with E-state index in [2.05, 4.69) is 16.7 Å². The zero-order valence-electron chi connectivity index (χ0n) is 11.3. The fourth-order valence-corrected chi connectivity index (χ4v) is 3.49. The molecule has 2 aliphatic heterocycles. The normalized spacial score (nSPS) is 28.6. The van der Waals surface area contributed by atoms with E-state index >= 15 is 0 Å². The van der Waals surface area contributed by atoms with Gasteiger partial charge in [-0.2, -0.15) is 0 Å². The summed E-state index contributed by atoms with van der Waals surface area (Å²) in [6, 6.07) is 5.04. The van der Waals surface area contributed by atoms with Gasteiger partial charge < -0.3 is 0 Å². The van der Waals surface area contributed by atoms with Crippen LogP contribution in [0.4, 0.5) is 8.78 Å². The van der Waals surface area contributed by atoms with Crippen molar-refractivity contribution in [1.82, 2.24) is 9.80 Å². The van der Waals surface area contributed by atoms with Gasteiger partial charge in [0.15, 0.2) is 0 Å². The average Bonchev–Trinajstić information content (AvgIpc) is 2.85. The Balaban J connectivity index is 1.76. The second-order valence-electron chi connectivity index (χ2n) is 5.66. The summed E-state index contributed by atoms with van der Waals surface area (Å²) in [6.45, 7) is 5.65. The van der Waals surface area contributed by atoms with Crippen LogP contribution >= 0.6 is 0 Å². The van der Waals surface area contributed by atoms with Gasteiger partial charge in [0.05, 0.1) is 0 Å². The molecule has 2 fully saturated rings. The van der Waals surface area contributed by atoms with Crippen LogP contribution in [0.1, 0.15) is 25.3 Å². The van der Waals surface area contributed by atoms with E-state index in [1.807, 2.05) is 0 Å². The molecule has 2 saturated heterocycles. The highest BCUT2D eigenvalue weighted by Crippen LogP contribution is 2.28. The van der Waals surface area contributed by atoms with Crippen molar-refractivity contribution >= 4 is 0 Å². The third-order valence-corrected chi connectivity index (χ3v) is 4.64. The number of hydrogen-bond acceptors (Lipinski definition) is 2. The molecule has 0 N–H and O–H groups in total. The molecule has 2 nitrogen and oxygen atoms in total. The molecule has 2 aliphatic rings. The minimum Gasteiger partial charge on any atom is -0.298 e. The smallest absolute Gasteiger partial charge is 0.130 e. The highest BCUT2D eigenvalue weighted by atomic mass is 19.1. The molecule has 2 heterocycles. The second-order valence-corrected chi connectivity index (χ2v) is 5.66. The standard InChI is InChI=1S/C15H20F2N2/c1-11-15-6-3-7-18(15)8-9-19(11)10-12-13(16)4-2-5-14(12)17/h2,4-5,11,15H,3,6-10H2,1H3/t11-,15-/m0/s1. The Bertz CT molecular complexity index is 443. The van der Waals surface area contributed by atoms with E-state index in [-0.39, 0.29) is 5.56 Å². The lowest BCUT2D eigenvalue weighted by atomic mass is 10.0. The zero-order valence-corrected chi connectivity index (χ0v) is 11.3. The largest absolute Gasteiger partial charge is 0.298 e. The number of halogens is 2. The molecule has 2 atom stereocenters. The number of benzene rings is 1. The Hall–Kier alpha value is -1.00. The summed E-state index contributed by atoms with van der Waals surface area (Å²) in [5.41, 5.74) is 0.209. The Labute approximate surface area is 113 Å². The van der Waals surface area contributed by atoms with Gasteiger partial charge in [-0.3, -0.25) is 9.80 Å². The minimum atomic E-state index is -0.430. The summed E-state index contributed by atoms with van der Waals surface area (Å²) >= 11 is 0. The molecule has 104 valence electrons. The van der Waals surface area contributed by atoms with Gasteiger partial charge in [-0.1, -0.05) is 6.07 Å². The Morgan fingerprint density at radius 1 is 1.16 bits per heavy atom. The van der Waals surface area contributed by atoms with Crippen molar-refractivity contribution in [2.75, 3.05) is 19.6 Å². The third-order valence-electron chi connectivity index (χ3n) is 4.64. The monoisotopic (exact) mass is 266 g/mol. The van der Waals surface area contributed by atoms with Crippen LogP contribution < -0.4 is 0 Å². The van der Waals surface area contributed by atoms with Crippen molar-refractivity contribution in [2.24, 2.45) is 0 Å². The SMILES string of the molecule is C[C@H]1[C@@H]2CCCN2CCN1Cc1c(F)cccc1F. The van der Waals surface area contributed by atoms with Gasteiger partial charge in [0.1, 0.15) is 11.6 Å². The van der Waals surface area contributed by atoms with E-state index in [0.29, 0.717) is 18.6 Å². The number of fused-ring (bicyclic) bond motifs is 1. The fraction of sp³-hybridized carbons (Fsp3) is 0.600. The molecule has 0 aromatic heterocycles. The van der Waals surface area contributed by atoms with E-state index < -0.39 is 11.6 Å². The molecule has 4 heteroatoms. The molecule has 0 bridgehead atoms. The number of piperazine rings is 1. The highest BCUT2D eigenvalue weighted by molar-refractivity contribution is 5.20. The molecule has 1 aromatic rings. The van der Waals surface area contributed by atoms with Crippen LogP contribution in [0.3, 0.4) is 0 Å². The molecule has 19 heavy (non-hydrogen) atoms. The zero-order chi connectivity index (χ0) is 13.4. The van der Waals surface area contributed by atoms with E-state index in [0.717, 1.165) is 13.1 Å². The number of hydrogen-bond donors (Lipinski definition) is 0. The highest BCUT2D eigenvalue weighted by Gasteiger charge is 2.36. The van der Waals surface area contributed by atoms with Crippen LogP contribution in [0.15, 0.2) is 18.2 Å². The van der Waals surface area contributed by atoms with Gasteiger partial charge in [-0.05, 0) is 38.4 Å². The predicted molar refractivity (Wildman–Crippen MR) is 70.8 cm³/mol. The average molecular weight is 266 g/mol. The maximum atomic E-state index is 13.7. The van der Waals surface area contributed by atoms with Gasteiger partial charge in [0, 0.05) is 37.3 Å². The molecule has 0 aliphatic carbocycles. The van der Waals surface area contributed by atoms with Crippen molar-refractivity contribution in [3.63, 3.8) is 0 Å². The van der Waals surface area contributed by atoms with Crippen molar-refractivity contribution in [3.8, 4) is 0 Å². The molecule has 3 rings (SSSR count). The molecule has 0 spiro atoms. The van der Waals surface area contributed by atoms with Gasteiger partial charge in [-0.25, -0.2) is 8.78 Å². The molecule has 0 amide bonds. The second kappa shape index (κ2) is 5.17. The first-order chi connectivity index (χ1) is 9.16. The van der Waals surface area contributed by atoms with Crippen molar-refractivity contribution in [3.05, 3.63) is 35.4 Å². The first kappa shape index (κ1) is 13.0. The summed E-state index contributed by atoms with van der Waals surface area (Å²) in [5, 5.41) is 0. The Morgan fingerprint density at radius 3 is 2.63 bits per heavy atom. The summed E-state index contributed by atoms with van der Waals surface area (Å²) in [5.74, 6) is -0.859. The topological polar surface area (TPSA) is 6.48 Å². The van der Waals surface area contributed by atoms with E-state index in [1.54, 1.807) is 0 Å². The quantitative estimate of drug-likeness (QED) is 0.812. The van der Waals surface area contributed by atoms with Crippen molar-refractivity contribution < 1.29 is 8.78 Å². The van der Waals surface area contributed by atoms with Crippen LogP contribution in [0.5, 0.6) is 0 Å². The summed E-state index contributed by atoms with van der Waals surface area (Å²) < 4.78 is 27.4. The summed E-state index contributed by atoms with van der Waals surface area (Å²) in [7, 11) is 0. The molecular formula is C15H20F2N2. The Morgan fingerprint density at radius 2 is 1.89 bits per heavy atom. The van der Waals surface area contributed by atoms with Crippen LogP contribution in [-0.4, -0.2) is 41.5 Å².